The third-order valence-corrected chi connectivity index (χ3v) is 4.72. The van der Waals surface area contributed by atoms with Gasteiger partial charge >= 0.3 is 0 Å². The standard InChI is InChI=1S/C12H17N3OS/c16-17-14-12-4-2-1-3-10(12)9-15(17)11-5-7-13-8-6-11/h1-4,11,13-14H,5-9H2. The van der Waals surface area contributed by atoms with Crippen molar-refractivity contribution in [2.24, 2.45) is 0 Å². The van der Waals surface area contributed by atoms with Gasteiger partial charge < -0.3 is 5.32 Å². The normalized spacial score (nSPS) is 26.2. The zero-order valence-corrected chi connectivity index (χ0v) is 10.5. The Morgan fingerprint density at radius 3 is 2.82 bits per heavy atom. The molecule has 0 radical (unpaired) electrons. The fourth-order valence-corrected chi connectivity index (χ4v) is 3.74. The minimum atomic E-state index is -1.08. The Morgan fingerprint density at radius 1 is 1.24 bits per heavy atom. The van der Waals surface area contributed by atoms with Crippen molar-refractivity contribution in [3.8, 4) is 0 Å². The van der Waals surface area contributed by atoms with Crippen LogP contribution < -0.4 is 10.0 Å². The van der Waals surface area contributed by atoms with E-state index in [1.165, 1.54) is 5.56 Å². The lowest BCUT2D eigenvalue weighted by Gasteiger charge is -2.36. The second-order valence-corrected chi connectivity index (χ2v) is 5.74. The lowest BCUT2D eigenvalue weighted by molar-refractivity contribution is 0.267. The van der Waals surface area contributed by atoms with Crippen molar-refractivity contribution in [1.82, 2.24) is 9.62 Å². The number of anilines is 1. The van der Waals surface area contributed by atoms with Crippen LogP contribution in [0.1, 0.15) is 18.4 Å². The molecule has 0 bridgehead atoms. The molecule has 17 heavy (non-hydrogen) atoms. The molecule has 0 aliphatic carbocycles. The van der Waals surface area contributed by atoms with Gasteiger partial charge in [-0.05, 0) is 37.6 Å². The molecule has 2 aliphatic heterocycles. The molecular formula is C12H17N3OS. The van der Waals surface area contributed by atoms with E-state index in [1.54, 1.807) is 0 Å². The Balaban J connectivity index is 1.81. The highest BCUT2D eigenvalue weighted by Crippen LogP contribution is 2.27. The van der Waals surface area contributed by atoms with Crippen LogP contribution in [0.15, 0.2) is 24.3 Å². The van der Waals surface area contributed by atoms with Gasteiger partial charge in [0.05, 0.1) is 5.69 Å². The van der Waals surface area contributed by atoms with E-state index < -0.39 is 11.2 Å². The molecule has 3 rings (SSSR count). The van der Waals surface area contributed by atoms with E-state index in [9.17, 15) is 4.21 Å². The SMILES string of the molecule is O=S1Nc2ccccc2CN1C1CCNCC1. The largest absolute Gasteiger partial charge is 0.317 e. The summed E-state index contributed by atoms with van der Waals surface area (Å²) in [5.74, 6) is 0. The average Bonchev–Trinajstić information content (AvgIpc) is 2.39. The molecule has 0 aromatic heterocycles. The van der Waals surface area contributed by atoms with E-state index in [-0.39, 0.29) is 0 Å². The van der Waals surface area contributed by atoms with Gasteiger partial charge in [-0.15, -0.1) is 0 Å². The van der Waals surface area contributed by atoms with E-state index in [0.717, 1.165) is 38.2 Å². The molecule has 0 spiro atoms. The lowest BCUT2D eigenvalue weighted by Crippen LogP contribution is -2.46. The summed E-state index contributed by atoms with van der Waals surface area (Å²) in [6, 6.07) is 8.54. The maximum Gasteiger partial charge on any atom is 0.196 e. The van der Waals surface area contributed by atoms with E-state index in [1.807, 2.05) is 18.2 Å². The Hall–Kier alpha value is -0.910. The van der Waals surface area contributed by atoms with Gasteiger partial charge in [0.15, 0.2) is 11.2 Å². The molecule has 1 unspecified atom stereocenters. The number of piperidine rings is 1. The molecule has 1 atom stereocenters. The first-order valence-corrected chi connectivity index (χ1v) is 7.19. The van der Waals surface area contributed by atoms with Crippen molar-refractivity contribution in [2.75, 3.05) is 17.8 Å². The predicted octanol–water partition coefficient (Wildman–Crippen LogP) is 1.24. The fourth-order valence-electron chi connectivity index (χ4n) is 2.50. The first kappa shape index (κ1) is 11.2. The average molecular weight is 251 g/mol. The fraction of sp³-hybridized carbons (Fsp3) is 0.500. The summed E-state index contributed by atoms with van der Waals surface area (Å²) in [5, 5.41) is 3.34. The molecule has 1 fully saturated rings. The van der Waals surface area contributed by atoms with Crippen LogP contribution in [0.2, 0.25) is 0 Å². The molecule has 2 heterocycles. The quantitative estimate of drug-likeness (QED) is 0.789. The summed E-state index contributed by atoms with van der Waals surface area (Å²) in [4.78, 5) is 0. The van der Waals surface area contributed by atoms with Crippen molar-refractivity contribution in [1.29, 1.82) is 0 Å². The van der Waals surface area contributed by atoms with Crippen LogP contribution in [0.3, 0.4) is 0 Å². The van der Waals surface area contributed by atoms with Crippen LogP contribution in [0, 0.1) is 0 Å². The van der Waals surface area contributed by atoms with E-state index >= 15 is 0 Å². The minimum absolute atomic E-state index is 0.429. The molecular weight excluding hydrogens is 234 g/mol. The summed E-state index contributed by atoms with van der Waals surface area (Å²) in [6.07, 6.45) is 2.16. The summed E-state index contributed by atoms with van der Waals surface area (Å²) >= 11 is -1.08. The van der Waals surface area contributed by atoms with Crippen molar-refractivity contribution >= 4 is 16.9 Å². The Labute approximate surface area is 104 Å². The number of nitrogens with one attached hydrogen (secondary N) is 2. The topological polar surface area (TPSA) is 44.4 Å². The highest BCUT2D eigenvalue weighted by molar-refractivity contribution is 7.84. The van der Waals surface area contributed by atoms with Crippen LogP contribution in [0.25, 0.3) is 0 Å². The molecule has 92 valence electrons. The van der Waals surface area contributed by atoms with Gasteiger partial charge in [0, 0.05) is 12.6 Å². The number of benzene rings is 1. The van der Waals surface area contributed by atoms with E-state index in [4.69, 9.17) is 0 Å². The van der Waals surface area contributed by atoms with Crippen LogP contribution in [-0.2, 0) is 17.7 Å². The monoisotopic (exact) mass is 251 g/mol. The molecule has 1 aromatic rings. The maximum atomic E-state index is 12.2. The van der Waals surface area contributed by atoms with Gasteiger partial charge in [0.25, 0.3) is 0 Å². The van der Waals surface area contributed by atoms with Crippen molar-refractivity contribution in [3.05, 3.63) is 29.8 Å². The van der Waals surface area contributed by atoms with E-state index in [2.05, 4.69) is 20.4 Å². The van der Waals surface area contributed by atoms with Crippen LogP contribution in [0.4, 0.5) is 5.69 Å². The zero-order chi connectivity index (χ0) is 11.7. The van der Waals surface area contributed by atoms with Gasteiger partial charge in [-0.25, -0.2) is 4.21 Å². The second kappa shape index (κ2) is 4.76. The third kappa shape index (κ3) is 2.22. The number of hydrogen-bond donors (Lipinski definition) is 2. The number of rotatable bonds is 1. The van der Waals surface area contributed by atoms with Gasteiger partial charge in [-0.3, -0.25) is 4.72 Å². The maximum absolute atomic E-state index is 12.2. The number of fused-ring (bicyclic) bond motifs is 1. The first-order chi connectivity index (χ1) is 8.34. The Morgan fingerprint density at radius 2 is 2.00 bits per heavy atom. The van der Waals surface area contributed by atoms with Gasteiger partial charge in [-0.1, -0.05) is 18.2 Å². The number of hydrogen-bond acceptors (Lipinski definition) is 2. The van der Waals surface area contributed by atoms with E-state index in [0.29, 0.717) is 6.04 Å². The van der Waals surface area contributed by atoms with Crippen molar-refractivity contribution in [2.45, 2.75) is 25.4 Å². The molecule has 0 saturated carbocycles. The van der Waals surface area contributed by atoms with Crippen LogP contribution in [0.5, 0.6) is 0 Å². The summed E-state index contributed by atoms with van der Waals surface area (Å²) in [7, 11) is 0. The predicted molar refractivity (Wildman–Crippen MR) is 69.6 cm³/mol. The summed E-state index contributed by atoms with van der Waals surface area (Å²) < 4.78 is 17.3. The Bertz CT molecular complexity index is 432. The van der Waals surface area contributed by atoms with Crippen molar-refractivity contribution in [3.63, 3.8) is 0 Å². The lowest BCUT2D eigenvalue weighted by atomic mass is 10.1. The molecule has 2 N–H and O–H groups in total. The third-order valence-electron chi connectivity index (χ3n) is 3.47. The molecule has 1 saturated heterocycles. The zero-order valence-electron chi connectivity index (χ0n) is 9.69. The minimum Gasteiger partial charge on any atom is -0.317 e. The highest BCUT2D eigenvalue weighted by atomic mass is 32.2. The van der Waals surface area contributed by atoms with Gasteiger partial charge in [-0.2, -0.15) is 4.31 Å². The molecule has 5 heteroatoms. The molecule has 1 aromatic carbocycles. The number of nitrogens with zero attached hydrogens (tertiary/aromatic N) is 1. The smallest absolute Gasteiger partial charge is 0.196 e. The van der Waals surface area contributed by atoms with Gasteiger partial charge in [0.1, 0.15) is 0 Å². The van der Waals surface area contributed by atoms with Crippen LogP contribution >= 0.6 is 0 Å². The first-order valence-electron chi connectivity index (χ1n) is 6.08. The highest BCUT2D eigenvalue weighted by Gasteiger charge is 2.29. The van der Waals surface area contributed by atoms with Crippen LogP contribution in [-0.4, -0.2) is 27.6 Å². The molecule has 2 aliphatic rings. The molecule has 0 amide bonds. The second-order valence-electron chi connectivity index (χ2n) is 4.56. The van der Waals surface area contributed by atoms with Crippen molar-refractivity contribution < 1.29 is 4.21 Å². The Kier molecular flexibility index (Phi) is 3.13. The summed E-state index contributed by atoms with van der Waals surface area (Å²) in [5.41, 5.74) is 2.25. The molecule has 4 nitrogen and oxygen atoms in total. The summed E-state index contributed by atoms with van der Waals surface area (Å²) in [6.45, 7) is 2.85. The van der Waals surface area contributed by atoms with Gasteiger partial charge in [0.2, 0.25) is 0 Å². The number of para-hydroxylation sites is 1.